The van der Waals surface area contributed by atoms with Gasteiger partial charge in [0.15, 0.2) is 5.75 Å². The summed E-state index contributed by atoms with van der Waals surface area (Å²) in [6.45, 7) is 7.44. The van der Waals surface area contributed by atoms with Gasteiger partial charge in [0, 0.05) is 19.3 Å². The molecule has 0 fully saturated rings. The Morgan fingerprint density at radius 2 is 2.00 bits per heavy atom. The number of nitrogens with zero attached hydrogens (tertiary/aromatic N) is 2. The average molecular weight is 252 g/mol. The first-order chi connectivity index (χ1) is 8.63. The van der Waals surface area contributed by atoms with E-state index in [1.807, 2.05) is 20.8 Å². The Labute approximate surface area is 107 Å². The molecule has 1 aromatic heterocycles. The minimum Gasteiger partial charge on any atom is -0.488 e. The lowest BCUT2D eigenvalue weighted by Gasteiger charge is -2.19. The normalized spacial score (nSPS) is 10.2. The van der Waals surface area contributed by atoms with Crippen molar-refractivity contribution in [3.63, 3.8) is 0 Å². The maximum Gasteiger partial charge on any atom is 0.293 e. The zero-order valence-corrected chi connectivity index (χ0v) is 11.2. The third-order valence-corrected chi connectivity index (χ3v) is 2.71. The molecule has 0 aliphatic heterocycles. The fourth-order valence-electron chi connectivity index (χ4n) is 1.73. The summed E-state index contributed by atoms with van der Waals surface area (Å²) in [4.78, 5) is 25.6. The van der Waals surface area contributed by atoms with E-state index in [0.717, 1.165) is 0 Å². The molecule has 1 rings (SSSR count). The van der Waals surface area contributed by atoms with E-state index in [4.69, 9.17) is 4.74 Å². The van der Waals surface area contributed by atoms with Gasteiger partial charge in [0.1, 0.15) is 6.54 Å². The molecule has 0 aliphatic rings. The molecule has 0 saturated heterocycles. The second-order valence-corrected chi connectivity index (χ2v) is 3.80. The molecule has 0 radical (unpaired) electrons. The van der Waals surface area contributed by atoms with Crippen molar-refractivity contribution in [2.75, 3.05) is 19.7 Å². The molecule has 1 heterocycles. The maximum atomic E-state index is 12.0. The van der Waals surface area contributed by atoms with E-state index >= 15 is 0 Å². The topological polar surface area (TPSA) is 51.5 Å². The van der Waals surface area contributed by atoms with Gasteiger partial charge in [-0.25, -0.2) is 0 Å². The van der Waals surface area contributed by atoms with Crippen molar-refractivity contribution in [1.82, 2.24) is 9.47 Å². The van der Waals surface area contributed by atoms with Crippen molar-refractivity contribution in [3.8, 4) is 5.75 Å². The molecule has 1 aromatic rings. The van der Waals surface area contributed by atoms with E-state index in [9.17, 15) is 9.59 Å². The molecule has 0 spiro atoms. The molecule has 100 valence electrons. The van der Waals surface area contributed by atoms with E-state index in [0.29, 0.717) is 19.7 Å². The molecule has 0 atom stereocenters. The summed E-state index contributed by atoms with van der Waals surface area (Å²) in [5.74, 6) is 0.225. The van der Waals surface area contributed by atoms with Gasteiger partial charge in [-0.05, 0) is 32.9 Å². The SMILES string of the molecule is CCOc1cccn(CC(=O)N(CC)CC)c1=O. The fraction of sp³-hybridized carbons (Fsp3) is 0.538. The number of carbonyl (C=O) groups excluding carboxylic acids is 1. The molecular formula is C13H20N2O3. The molecular weight excluding hydrogens is 232 g/mol. The van der Waals surface area contributed by atoms with Crippen molar-refractivity contribution < 1.29 is 9.53 Å². The highest BCUT2D eigenvalue weighted by atomic mass is 16.5. The lowest BCUT2D eigenvalue weighted by atomic mass is 10.4. The fourth-order valence-corrected chi connectivity index (χ4v) is 1.73. The van der Waals surface area contributed by atoms with Crippen LogP contribution in [0.1, 0.15) is 20.8 Å². The number of rotatable bonds is 6. The maximum absolute atomic E-state index is 12.0. The zero-order chi connectivity index (χ0) is 13.5. The Hall–Kier alpha value is -1.78. The van der Waals surface area contributed by atoms with Crippen LogP contribution >= 0.6 is 0 Å². The summed E-state index contributed by atoms with van der Waals surface area (Å²) >= 11 is 0. The standard InChI is InChI=1S/C13H20N2O3/c1-4-14(5-2)12(16)10-15-9-7-8-11(13(15)17)18-6-3/h7-9H,4-6,10H2,1-3H3. The van der Waals surface area contributed by atoms with Gasteiger partial charge >= 0.3 is 0 Å². The van der Waals surface area contributed by atoms with Gasteiger partial charge in [-0.15, -0.1) is 0 Å². The van der Waals surface area contributed by atoms with Crippen molar-refractivity contribution >= 4 is 5.91 Å². The number of carbonyl (C=O) groups is 1. The third kappa shape index (κ3) is 3.35. The molecule has 5 nitrogen and oxygen atoms in total. The molecule has 0 unspecified atom stereocenters. The summed E-state index contributed by atoms with van der Waals surface area (Å²) in [6.07, 6.45) is 1.60. The van der Waals surface area contributed by atoms with Crippen molar-refractivity contribution in [3.05, 3.63) is 28.7 Å². The van der Waals surface area contributed by atoms with Gasteiger partial charge in [0.05, 0.1) is 6.61 Å². The van der Waals surface area contributed by atoms with Crippen LogP contribution in [0.5, 0.6) is 5.75 Å². The van der Waals surface area contributed by atoms with Gasteiger partial charge in [0.25, 0.3) is 5.56 Å². The number of hydrogen-bond acceptors (Lipinski definition) is 3. The molecule has 18 heavy (non-hydrogen) atoms. The summed E-state index contributed by atoms with van der Waals surface area (Å²) in [6, 6.07) is 3.33. The van der Waals surface area contributed by atoms with E-state index in [-0.39, 0.29) is 23.8 Å². The molecule has 5 heteroatoms. The van der Waals surface area contributed by atoms with Crippen molar-refractivity contribution in [2.24, 2.45) is 0 Å². The second kappa shape index (κ2) is 6.83. The van der Waals surface area contributed by atoms with Gasteiger partial charge in [-0.2, -0.15) is 0 Å². The van der Waals surface area contributed by atoms with Crippen LogP contribution in [0.3, 0.4) is 0 Å². The summed E-state index contributed by atoms with van der Waals surface area (Å²) in [7, 11) is 0. The minimum atomic E-state index is -0.264. The second-order valence-electron chi connectivity index (χ2n) is 3.80. The number of hydrogen-bond donors (Lipinski definition) is 0. The Morgan fingerprint density at radius 3 is 2.56 bits per heavy atom. The Kier molecular flexibility index (Phi) is 5.42. The van der Waals surface area contributed by atoms with Crippen LogP contribution in [0.25, 0.3) is 0 Å². The zero-order valence-electron chi connectivity index (χ0n) is 11.2. The first-order valence-electron chi connectivity index (χ1n) is 6.24. The molecule has 0 N–H and O–H groups in total. The van der Waals surface area contributed by atoms with Gasteiger partial charge in [0.2, 0.25) is 5.91 Å². The van der Waals surface area contributed by atoms with Crippen LogP contribution in [0.15, 0.2) is 23.1 Å². The van der Waals surface area contributed by atoms with Gasteiger partial charge in [-0.1, -0.05) is 0 Å². The minimum absolute atomic E-state index is 0.0570. The Morgan fingerprint density at radius 1 is 1.33 bits per heavy atom. The highest BCUT2D eigenvalue weighted by molar-refractivity contribution is 5.75. The summed E-state index contributed by atoms with van der Waals surface area (Å²) in [5.41, 5.74) is -0.264. The summed E-state index contributed by atoms with van der Waals surface area (Å²) < 4.78 is 6.59. The predicted octanol–water partition coefficient (Wildman–Crippen LogP) is 1.12. The average Bonchev–Trinajstić information content (AvgIpc) is 2.36. The smallest absolute Gasteiger partial charge is 0.293 e. The molecule has 0 saturated carbocycles. The van der Waals surface area contributed by atoms with E-state index in [2.05, 4.69) is 0 Å². The van der Waals surface area contributed by atoms with Crippen molar-refractivity contribution in [1.29, 1.82) is 0 Å². The monoisotopic (exact) mass is 252 g/mol. The lowest BCUT2D eigenvalue weighted by Crippen LogP contribution is -2.36. The number of amides is 1. The first-order valence-corrected chi connectivity index (χ1v) is 6.24. The van der Waals surface area contributed by atoms with E-state index in [1.165, 1.54) is 4.57 Å². The third-order valence-electron chi connectivity index (χ3n) is 2.71. The van der Waals surface area contributed by atoms with E-state index < -0.39 is 0 Å². The quantitative estimate of drug-likeness (QED) is 0.762. The molecule has 0 aliphatic carbocycles. The van der Waals surface area contributed by atoms with Crippen LogP contribution in [-0.2, 0) is 11.3 Å². The van der Waals surface area contributed by atoms with Crippen LogP contribution in [0.2, 0.25) is 0 Å². The van der Waals surface area contributed by atoms with E-state index in [1.54, 1.807) is 23.2 Å². The summed E-state index contributed by atoms with van der Waals surface area (Å²) in [5, 5.41) is 0. The lowest BCUT2D eigenvalue weighted by molar-refractivity contribution is -0.131. The van der Waals surface area contributed by atoms with Crippen LogP contribution in [-0.4, -0.2) is 35.1 Å². The number of likely N-dealkylation sites (N-methyl/N-ethyl adjacent to an activating group) is 1. The van der Waals surface area contributed by atoms with Crippen molar-refractivity contribution in [2.45, 2.75) is 27.3 Å². The molecule has 1 amide bonds. The first kappa shape index (κ1) is 14.3. The highest BCUT2D eigenvalue weighted by Crippen LogP contribution is 2.02. The number of pyridine rings is 1. The van der Waals surface area contributed by atoms with Gasteiger partial charge < -0.3 is 14.2 Å². The molecule has 0 aromatic carbocycles. The van der Waals surface area contributed by atoms with Gasteiger partial charge in [-0.3, -0.25) is 9.59 Å². The number of ether oxygens (including phenoxy) is 1. The Bertz CT molecular complexity index is 450. The highest BCUT2D eigenvalue weighted by Gasteiger charge is 2.12. The largest absolute Gasteiger partial charge is 0.488 e. The predicted molar refractivity (Wildman–Crippen MR) is 69.8 cm³/mol. The van der Waals surface area contributed by atoms with Crippen LogP contribution < -0.4 is 10.3 Å². The number of aromatic nitrogens is 1. The van der Waals surface area contributed by atoms with Crippen LogP contribution in [0, 0.1) is 0 Å². The molecule has 0 bridgehead atoms. The Balaban J connectivity index is 2.88. The van der Waals surface area contributed by atoms with Crippen LogP contribution in [0.4, 0.5) is 0 Å².